The van der Waals surface area contributed by atoms with Gasteiger partial charge in [0, 0.05) is 151 Å². The SMILES string of the molecule is CC(=O)N1c2ccc(C3=CCN(C(=O)COCCOCCOCCOCCOCCOCCOCCNC(=O)CCNC(=O)c4nc(NC(=O)CCNC(=O)c5cc(NC(=O)c6nc(NC(=O)CCNC(=O)c7cc(NC(=O)c8nccn8C)cn7C)cn6C)cn5C)cn4C)CC3)cc2N(Cc2ccccc2CO)CC1C1CC1. The summed E-state index contributed by atoms with van der Waals surface area (Å²) in [5.74, 6) is -3.22. The molecule has 1 unspecified atom stereocenters. The fourth-order valence-corrected chi connectivity index (χ4v) is 13.0. The van der Waals surface area contributed by atoms with E-state index in [9.17, 15) is 53.1 Å². The zero-order valence-corrected chi connectivity index (χ0v) is 65.7. The van der Waals surface area contributed by atoms with Crippen LogP contribution in [0.25, 0.3) is 5.57 Å². The predicted octanol–water partition coefficient (Wildman–Crippen LogP) is 2.90. The van der Waals surface area contributed by atoms with Gasteiger partial charge >= 0.3 is 0 Å². The third kappa shape index (κ3) is 25.5. The van der Waals surface area contributed by atoms with Gasteiger partial charge in [-0.05, 0) is 71.7 Å². The molecular formula is C78H103N19O18. The number of amides is 10. The van der Waals surface area contributed by atoms with Gasteiger partial charge in [0.25, 0.3) is 29.5 Å². The Balaban J connectivity index is 0.484. The Hall–Kier alpha value is -11.5. The summed E-state index contributed by atoms with van der Waals surface area (Å²) < 4.78 is 46.4. The molecule has 1 fully saturated rings. The first-order chi connectivity index (χ1) is 55.6. The fourth-order valence-electron chi connectivity index (χ4n) is 13.0. The Kier molecular flexibility index (Phi) is 32.3. The number of anilines is 6. The van der Waals surface area contributed by atoms with Crippen LogP contribution in [0.5, 0.6) is 0 Å². The van der Waals surface area contributed by atoms with Crippen LogP contribution in [-0.4, -0.2) is 251 Å². The lowest BCUT2D eigenvalue weighted by Crippen LogP contribution is -2.52. The monoisotopic (exact) mass is 1590 g/mol. The van der Waals surface area contributed by atoms with Gasteiger partial charge in [-0.2, -0.15) is 0 Å². The van der Waals surface area contributed by atoms with Crippen molar-refractivity contribution < 1.29 is 86.2 Å². The first kappa shape index (κ1) is 86.0. The van der Waals surface area contributed by atoms with Crippen LogP contribution in [0.1, 0.15) is 115 Å². The van der Waals surface area contributed by atoms with Crippen LogP contribution in [0, 0.1) is 5.92 Å². The van der Waals surface area contributed by atoms with Gasteiger partial charge in [0.1, 0.15) is 18.0 Å². The number of nitrogens with one attached hydrogen (secondary N) is 8. The largest absolute Gasteiger partial charge is 0.392 e. The summed E-state index contributed by atoms with van der Waals surface area (Å²) in [7, 11) is 8.04. The smallest absolute Gasteiger partial charge is 0.291 e. The average molecular weight is 1590 g/mol. The van der Waals surface area contributed by atoms with E-state index in [1.165, 1.54) is 55.2 Å². The Bertz CT molecular complexity index is 4550. The number of hydrogen-bond donors (Lipinski definition) is 9. The van der Waals surface area contributed by atoms with Crippen LogP contribution in [0.4, 0.5) is 34.4 Å². The third-order valence-electron chi connectivity index (χ3n) is 19.1. The van der Waals surface area contributed by atoms with E-state index < -0.39 is 41.4 Å². The van der Waals surface area contributed by atoms with E-state index >= 15 is 0 Å². The first-order valence-electron chi connectivity index (χ1n) is 38.2. The van der Waals surface area contributed by atoms with Crippen LogP contribution in [-0.2, 0) is 106 Å². The summed E-state index contributed by atoms with van der Waals surface area (Å²) in [4.78, 5) is 148. The van der Waals surface area contributed by atoms with Gasteiger partial charge in [-0.15, -0.1) is 0 Å². The molecule has 115 heavy (non-hydrogen) atoms. The number of carbonyl (C=O) groups excluding carboxylic acids is 10. The Labute approximate surface area is 665 Å². The van der Waals surface area contributed by atoms with Crippen molar-refractivity contribution in [1.82, 2.24) is 64.0 Å². The molecule has 3 aliphatic rings. The molecule has 0 saturated heterocycles. The molecule has 0 bridgehead atoms. The number of carbonyl (C=O) groups is 10. The number of rotatable bonds is 46. The summed E-state index contributed by atoms with van der Waals surface area (Å²) in [5, 5.41) is 31.4. The van der Waals surface area contributed by atoms with Crippen molar-refractivity contribution in [2.24, 2.45) is 41.2 Å². The second-order valence-corrected chi connectivity index (χ2v) is 27.7. The second-order valence-electron chi connectivity index (χ2n) is 27.7. The van der Waals surface area contributed by atoms with E-state index in [-0.39, 0.29) is 142 Å². The van der Waals surface area contributed by atoms with E-state index in [4.69, 9.17) is 33.2 Å². The molecule has 37 nitrogen and oxygen atoms in total. The maximum absolute atomic E-state index is 13.3. The lowest BCUT2D eigenvalue weighted by molar-refractivity contribution is -0.136. The van der Waals surface area contributed by atoms with Crippen molar-refractivity contribution in [1.29, 1.82) is 0 Å². The molecule has 1 atom stereocenters. The number of hydrogen-bond acceptors (Lipinski definition) is 22. The molecule has 0 spiro atoms. The number of ether oxygens (including phenoxy) is 7. The van der Waals surface area contributed by atoms with E-state index in [1.807, 2.05) is 23.1 Å². The molecule has 1 aliphatic carbocycles. The maximum atomic E-state index is 13.3. The number of imidazole rings is 3. The summed E-state index contributed by atoms with van der Waals surface area (Å²) in [6, 6.07) is 17.3. The summed E-state index contributed by atoms with van der Waals surface area (Å²) in [6.07, 6.45) is 13.8. The van der Waals surface area contributed by atoms with Crippen LogP contribution in [0.2, 0.25) is 0 Å². The van der Waals surface area contributed by atoms with Gasteiger partial charge < -0.3 is 118 Å². The Morgan fingerprint density at radius 3 is 1.51 bits per heavy atom. The highest BCUT2D eigenvalue weighted by Gasteiger charge is 2.43. The lowest BCUT2D eigenvalue weighted by Gasteiger charge is -2.44. The zero-order valence-electron chi connectivity index (χ0n) is 65.7. The minimum Gasteiger partial charge on any atom is -0.392 e. The average Bonchev–Trinajstić information content (AvgIpc) is 1.68. The minimum absolute atomic E-state index is 0.00807. The van der Waals surface area contributed by atoms with Crippen molar-refractivity contribution in [3.63, 3.8) is 0 Å². The topological polar surface area (TPSA) is 425 Å². The summed E-state index contributed by atoms with van der Waals surface area (Å²) in [5.41, 5.74) is 7.14. The molecule has 10 amide bonds. The van der Waals surface area contributed by atoms with Crippen LogP contribution in [0.15, 0.2) is 97.9 Å². The van der Waals surface area contributed by atoms with Gasteiger partial charge in [-0.3, -0.25) is 47.9 Å². The molecule has 618 valence electrons. The summed E-state index contributed by atoms with van der Waals surface area (Å²) in [6.45, 7) is 8.67. The normalized spacial score (nSPS) is 13.9. The molecule has 2 aromatic carbocycles. The number of aryl methyl sites for hydroxylation is 5. The van der Waals surface area contributed by atoms with Crippen LogP contribution in [0.3, 0.4) is 0 Å². The van der Waals surface area contributed by atoms with Gasteiger partial charge in [-0.25, -0.2) is 15.0 Å². The van der Waals surface area contributed by atoms with Crippen molar-refractivity contribution in [3.8, 4) is 0 Å². The summed E-state index contributed by atoms with van der Waals surface area (Å²) >= 11 is 0. The Morgan fingerprint density at radius 1 is 0.504 bits per heavy atom. The number of benzene rings is 2. The Morgan fingerprint density at radius 2 is 1.01 bits per heavy atom. The number of aliphatic hydroxyl groups is 1. The lowest BCUT2D eigenvalue weighted by atomic mass is 9.95. The molecule has 10 rings (SSSR count). The van der Waals surface area contributed by atoms with Crippen molar-refractivity contribution >= 4 is 99.0 Å². The van der Waals surface area contributed by atoms with Crippen LogP contribution >= 0.6 is 0 Å². The number of aromatic nitrogens is 8. The maximum Gasteiger partial charge on any atom is 0.291 e. The minimum atomic E-state index is -0.641. The number of fused-ring (bicyclic) bond motifs is 1. The van der Waals surface area contributed by atoms with Gasteiger partial charge in [0.2, 0.25) is 41.2 Å². The molecule has 2 aliphatic heterocycles. The zero-order chi connectivity index (χ0) is 81.8. The number of nitrogens with zero attached hydrogens (tertiary/aromatic N) is 11. The van der Waals surface area contributed by atoms with Crippen molar-refractivity contribution in [2.45, 2.75) is 64.6 Å². The van der Waals surface area contributed by atoms with Gasteiger partial charge in [-0.1, -0.05) is 36.4 Å². The van der Waals surface area contributed by atoms with E-state index in [2.05, 4.69) is 92.7 Å². The first-order valence-corrected chi connectivity index (χ1v) is 38.2. The van der Waals surface area contributed by atoms with Gasteiger partial charge in [0.15, 0.2) is 17.5 Å². The third-order valence-corrected chi connectivity index (χ3v) is 19.1. The molecule has 1 saturated carbocycles. The van der Waals surface area contributed by atoms with E-state index in [0.29, 0.717) is 110 Å². The van der Waals surface area contributed by atoms with Crippen molar-refractivity contribution in [2.75, 3.05) is 169 Å². The van der Waals surface area contributed by atoms with Crippen molar-refractivity contribution in [3.05, 3.63) is 143 Å². The molecular weight excluding hydrogens is 1490 g/mol. The molecule has 5 aromatic heterocycles. The molecule has 37 heteroatoms. The molecule has 0 radical (unpaired) electrons. The quantitative estimate of drug-likeness (QED) is 0.0248. The number of aliphatic hydroxyl groups excluding tert-OH is 1. The van der Waals surface area contributed by atoms with E-state index in [0.717, 1.165) is 53.0 Å². The van der Waals surface area contributed by atoms with Crippen LogP contribution < -0.4 is 52.3 Å². The van der Waals surface area contributed by atoms with E-state index in [1.54, 1.807) is 64.0 Å². The molecule has 9 N–H and O–H groups in total. The highest BCUT2D eigenvalue weighted by Crippen LogP contribution is 2.46. The molecule has 7 heterocycles. The highest BCUT2D eigenvalue weighted by molar-refractivity contribution is 6.05. The second kappa shape index (κ2) is 43.2. The molecule has 7 aromatic rings. The highest BCUT2D eigenvalue weighted by atomic mass is 16.6. The standard InChI is InChI=1S/C78H103N19O18/c1-52(99)97-60-14-13-55(41-61(60)96(47-64(97)54-11-12-54)44-56-9-7-8-10-57(56)50-98)53-18-25-95(26-19-53)70(103)51-115-40-39-114-38-37-113-36-35-112-34-33-111-32-31-110-30-29-109-28-24-79-67(100)15-20-83-76(106)72-88-65(48-93(72)5)86-68(101)16-21-82-75(105)63-43-59(46-92(63)4)85-78(108)73-89-66(49-94(73)6)87-69(102)17-22-81-74(104)62-42-58(45-91(62)3)84-77(107)71-80-23-27-90(71)2/h7-10,13-14,18,23,27,41-43,45-46,48-49,54,64,98H,11-12,15-17,19-22,24-26,28-40,44,47,50-51H2,1-6H3,(H,79,100)(H,81,104)(H,82,105)(H,83,106)(H,84,107)(H,85,108)(H,86,101)(H,87,102). The fraction of sp³-hybridized carbons (Fsp3) is 0.474. The van der Waals surface area contributed by atoms with Gasteiger partial charge in [0.05, 0.1) is 121 Å². The predicted molar refractivity (Wildman–Crippen MR) is 422 cm³/mol.